The predicted octanol–water partition coefficient (Wildman–Crippen LogP) is 5.82. The Hall–Kier alpha value is -3.28. The first kappa shape index (κ1) is 31.7. The van der Waals surface area contributed by atoms with Crippen LogP contribution < -0.4 is 15.2 Å². The van der Waals surface area contributed by atoms with E-state index < -0.39 is 33.5 Å². The molecule has 45 heavy (non-hydrogen) atoms. The molecule has 2 saturated heterocycles. The van der Waals surface area contributed by atoms with E-state index in [2.05, 4.69) is 0 Å². The van der Waals surface area contributed by atoms with E-state index in [4.69, 9.17) is 15.2 Å². The van der Waals surface area contributed by atoms with Gasteiger partial charge in [0.25, 0.3) is 5.92 Å². The monoisotopic (exact) mass is 641 g/mol. The Morgan fingerprint density at radius 3 is 2.20 bits per heavy atom. The van der Waals surface area contributed by atoms with Gasteiger partial charge in [-0.1, -0.05) is 12.1 Å². The van der Waals surface area contributed by atoms with Crippen LogP contribution in [0.1, 0.15) is 63.9 Å². The Labute approximate surface area is 263 Å². The minimum absolute atomic E-state index is 0.125. The average molecular weight is 642 g/mol. The molecule has 6 rings (SSSR count). The van der Waals surface area contributed by atoms with Gasteiger partial charge in [-0.25, -0.2) is 8.42 Å². The van der Waals surface area contributed by atoms with Gasteiger partial charge in [-0.05, 0) is 118 Å². The number of hydrogen-bond acceptors (Lipinski definition) is 6. The summed E-state index contributed by atoms with van der Waals surface area (Å²) in [5.74, 6) is -3.66. The van der Waals surface area contributed by atoms with Crippen molar-refractivity contribution in [3.63, 3.8) is 0 Å². The number of carbonyl (C=O) groups excluding carboxylic acids is 1. The van der Waals surface area contributed by atoms with Gasteiger partial charge in [-0.3, -0.25) is 4.79 Å². The first-order chi connectivity index (χ1) is 21.5. The number of halogens is 2. The van der Waals surface area contributed by atoms with Gasteiger partial charge in [0.15, 0.2) is 6.04 Å². The smallest absolute Gasteiger partial charge is 0.298 e. The molecule has 0 spiro atoms. The van der Waals surface area contributed by atoms with E-state index in [1.165, 1.54) is 41.3 Å². The van der Waals surface area contributed by atoms with Crippen molar-refractivity contribution in [1.29, 1.82) is 0 Å². The fraction of sp³-hybridized carbons (Fsp3) is 0.500. The summed E-state index contributed by atoms with van der Waals surface area (Å²) < 4.78 is 73.5. The molecule has 2 unspecified atom stereocenters. The maximum atomic E-state index is 16.6. The number of nitrogens with zero attached hydrogens (tertiary/aromatic N) is 2. The Balaban J connectivity index is 1.35. The molecule has 8 nitrogen and oxygen atoms in total. The lowest BCUT2D eigenvalue weighted by atomic mass is 9.94. The number of ether oxygens (including phenoxy) is 2. The molecule has 2 aliphatic heterocycles. The van der Waals surface area contributed by atoms with Crippen molar-refractivity contribution < 1.29 is 31.5 Å². The molecule has 1 saturated carbocycles. The summed E-state index contributed by atoms with van der Waals surface area (Å²) in [5.41, 5.74) is 5.73. The summed E-state index contributed by atoms with van der Waals surface area (Å²) >= 11 is 0. The Kier molecular flexibility index (Phi) is 8.80. The van der Waals surface area contributed by atoms with Crippen LogP contribution in [0.2, 0.25) is 0 Å². The molecule has 3 atom stereocenters. The summed E-state index contributed by atoms with van der Waals surface area (Å²) in [4.78, 5) is 15.5. The van der Waals surface area contributed by atoms with Crippen LogP contribution in [0.3, 0.4) is 0 Å². The van der Waals surface area contributed by atoms with Crippen molar-refractivity contribution in [3.8, 4) is 11.5 Å². The first-order valence-electron chi connectivity index (χ1n) is 15.9. The summed E-state index contributed by atoms with van der Waals surface area (Å²) in [6.45, 7) is 2.14. The normalized spacial score (nSPS) is 23.1. The number of nitrogens with two attached hydrogens (primary N) is 1. The van der Waals surface area contributed by atoms with Gasteiger partial charge >= 0.3 is 0 Å². The number of benzene rings is 3. The SMILES string of the molecule is CCOc1ccc(C(F)(F)[C@@H](C(=O)N2C3CCC2CC(N)C3)N(C)S(=O)(=O)c2ccc3cc(OC4CCCC4)ccc3c2)cc1. The zero-order valence-corrected chi connectivity index (χ0v) is 26.5. The molecule has 1 aliphatic carbocycles. The van der Waals surface area contributed by atoms with Gasteiger partial charge in [-0.2, -0.15) is 13.1 Å². The molecular formula is C34H41F2N3O5S. The number of carbonyl (C=O) groups is 1. The van der Waals surface area contributed by atoms with Crippen molar-refractivity contribution in [2.24, 2.45) is 5.73 Å². The zero-order valence-electron chi connectivity index (χ0n) is 25.7. The van der Waals surface area contributed by atoms with Gasteiger partial charge in [0.2, 0.25) is 15.9 Å². The molecule has 3 fully saturated rings. The standard InChI is InChI=1S/C34H41F2N3O5S/c1-3-43-28-15-10-24(11-16-28)34(35,36)32(33(40)39-26-12-13-27(39)21-25(37)20-26)38(2)45(41,42)31-17-9-22-18-30(14-8-23(22)19-31)44-29-6-4-5-7-29/h8-11,14-19,25-27,29,32H,3-7,12-13,20-21,37H2,1-2H3/t25?,26?,27?,32-/m1/s1. The minimum atomic E-state index is -4.55. The average Bonchev–Trinajstić information content (AvgIpc) is 3.62. The number of piperidine rings is 1. The number of rotatable bonds is 10. The summed E-state index contributed by atoms with van der Waals surface area (Å²) in [7, 11) is -3.48. The number of fused-ring (bicyclic) bond motifs is 3. The quantitative estimate of drug-likeness (QED) is 0.299. The van der Waals surface area contributed by atoms with E-state index in [1.54, 1.807) is 25.1 Å². The molecule has 2 N–H and O–H groups in total. The molecule has 0 aromatic heterocycles. The van der Waals surface area contributed by atoms with Gasteiger partial charge < -0.3 is 20.1 Å². The number of hydrogen-bond donors (Lipinski definition) is 1. The van der Waals surface area contributed by atoms with Crippen LogP contribution in [0.4, 0.5) is 8.78 Å². The number of alkyl halides is 2. The van der Waals surface area contributed by atoms with Crippen LogP contribution in [0.15, 0.2) is 65.6 Å². The Morgan fingerprint density at radius 1 is 0.956 bits per heavy atom. The predicted molar refractivity (Wildman–Crippen MR) is 168 cm³/mol. The van der Waals surface area contributed by atoms with E-state index in [0.29, 0.717) is 53.5 Å². The lowest BCUT2D eigenvalue weighted by Crippen LogP contribution is -2.61. The Morgan fingerprint density at radius 2 is 1.56 bits per heavy atom. The van der Waals surface area contributed by atoms with Crippen molar-refractivity contribution in [3.05, 3.63) is 66.2 Å². The number of likely N-dealkylation sites (N-methyl/N-ethyl adjacent to an activating group) is 1. The van der Waals surface area contributed by atoms with Gasteiger partial charge in [0.05, 0.1) is 17.6 Å². The van der Waals surface area contributed by atoms with Crippen molar-refractivity contribution >= 4 is 26.7 Å². The lowest BCUT2D eigenvalue weighted by Gasteiger charge is -2.42. The van der Waals surface area contributed by atoms with E-state index in [9.17, 15) is 13.2 Å². The largest absolute Gasteiger partial charge is 0.494 e. The third kappa shape index (κ3) is 6.14. The highest BCUT2D eigenvalue weighted by molar-refractivity contribution is 7.89. The Bertz CT molecular complexity index is 1630. The molecule has 11 heteroatoms. The molecule has 0 radical (unpaired) electrons. The molecule has 2 bridgehead atoms. The third-order valence-corrected chi connectivity index (χ3v) is 11.4. The summed E-state index contributed by atoms with van der Waals surface area (Å²) in [5, 5.41) is 1.38. The topological polar surface area (TPSA) is 102 Å². The van der Waals surface area contributed by atoms with E-state index in [0.717, 1.165) is 38.1 Å². The summed E-state index contributed by atoms with van der Waals surface area (Å²) in [6.07, 6.45) is 6.77. The van der Waals surface area contributed by atoms with Crippen molar-refractivity contribution in [2.75, 3.05) is 13.7 Å². The van der Waals surface area contributed by atoms with Crippen molar-refractivity contribution in [2.45, 2.75) is 99.4 Å². The van der Waals surface area contributed by atoms with Crippen LogP contribution in [-0.4, -0.2) is 67.5 Å². The zero-order chi connectivity index (χ0) is 31.9. The number of amides is 1. The molecule has 3 aliphatic rings. The van der Waals surface area contributed by atoms with Crippen LogP contribution >= 0.6 is 0 Å². The second-order valence-electron chi connectivity index (χ2n) is 12.6. The first-order valence-corrected chi connectivity index (χ1v) is 17.3. The highest BCUT2D eigenvalue weighted by Crippen LogP contribution is 2.42. The number of sulfonamides is 1. The maximum Gasteiger partial charge on any atom is 0.298 e. The van der Waals surface area contributed by atoms with E-state index in [1.807, 2.05) is 6.07 Å². The van der Waals surface area contributed by atoms with Crippen LogP contribution in [0.5, 0.6) is 11.5 Å². The van der Waals surface area contributed by atoms with Crippen LogP contribution in [0, 0.1) is 0 Å². The fourth-order valence-corrected chi connectivity index (χ4v) is 8.64. The summed E-state index contributed by atoms with van der Waals surface area (Å²) in [6, 6.07) is 12.1. The van der Waals surface area contributed by atoms with Gasteiger partial charge in [0.1, 0.15) is 11.5 Å². The van der Waals surface area contributed by atoms with E-state index in [-0.39, 0.29) is 29.1 Å². The lowest BCUT2D eigenvalue weighted by molar-refractivity contribution is -0.154. The van der Waals surface area contributed by atoms with E-state index >= 15 is 8.78 Å². The van der Waals surface area contributed by atoms with Crippen LogP contribution in [0.25, 0.3) is 10.8 Å². The second kappa shape index (κ2) is 12.5. The molecule has 2 heterocycles. The third-order valence-electron chi connectivity index (χ3n) is 9.58. The molecular weight excluding hydrogens is 600 g/mol. The van der Waals surface area contributed by atoms with Crippen LogP contribution in [-0.2, 0) is 20.7 Å². The second-order valence-corrected chi connectivity index (χ2v) is 14.6. The van der Waals surface area contributed by atoms with Gasteiger partial charge in [0, 0.05) is 30.7 Å². The molecule has 242 valence electrons. The van der Waals surface area contributed by atoms with Gasteiger partial charge in [-0.15, -0.1) is 0 Å². The highest BCUT2D eigenvalue weighted by atomic mass is 32.2. The maximum absolute atomic E-state index is 16.6. The molecule has 3 aromatic carbocycles. The fourth-order valence-electron chi connectivity index (χ4n) is 7.30. The molecule has 3 aromatic rings. The minimum Gasteiger partial charge on any atom is -0.494 e. The van der Waals surface area contributed by atoms with Crippen molar-refractivity contribution in [1.82, 2.24) is 9.21 Å². The highest BCUT2D eigenvalue weighted by Gasteiger charge is 2.56. The molecule has 1 amide bonds.